The average Bonchev–Trinajstić information content (AvgIpc) is 2.90. The summed E-state index contributed by atoms with van der Waals surface area (Å²) in [7, 11) is 0. The second kappa shape index (κ2) is 6.79. The van der Waals surface area contributed by atoms with Crippen LogP contribution in [-0.2, 0) is 6.54 Å². The Hall–Kier alpha value is -2.49. The Balaban J connectivity index is 2.06. The molecule has 2 aromatic rings. The van der Waals surface area contributed by atoms with Crippen molar-refractivity contribution >= 4 is 17.2 Å². The monoisotopic (exact) mass is 303 g/mol. The number of phenols is 2. The highest BCUT2D eigenvalue weighted by molar-refractivity contribution is 7.10. The summed E-state index contributed by atoms with van der Waals surface area (Å²) in [6, 6.07) is 5.60. The van der Waals surface area contributed by atoms with Crippen molar-refractivity contribution < 1.29 is 20.1 Å². The van der Waals surface area contributed by atoms with E-state index in [-0.39, 0.29) is 30.2 Å². The van der Waals surface area contributed by atoms with Gasteiger partial charge in [-0.15, -0.1) is 11.3 Å². The summed E-state index contributed by atoms with van der Waals surface area (Å²) in [5, 5.41) is 32.0. The molecule has 0 aliphatic heterocycles. The number of carbonyl (C=O) groups excluding carboxylic acids is 1. The summed E-state index contributed by atoms with van der Waals surface area (Å²) in [6.45, 7) is 0.0509. The first-order valence-corrected chi connectivity index (χ1v) is 6.96. The molecule has 1 aromatic carbocycles. The number of hydrogen-bond acceptors (Lipinski definition) is 5. The summed E-state index contributed by atoms with van der Waals surface area (Å²) in [5.74, 6) is 4.53. The van der Waals surface area contributed by atoms with Gasteiger partial charge in [0, 0.05) is 16.5 Å². The molecule has 0 saturated carbocycles. The van der Waals surface area contributed by atoms with Gasteiger partial charge in [0.25, 0.3) is 5.91 Å². The van der Waals surface area contributed by atoms with E-state index in [1.807, 2.05) is 11.4 Å². The van der Waals surface area contributed by atoms with E-state index in [0.717, 1.165) is 16.5 Å². The number of amides is 1. The largest absolute Gasteiger partial charge is 0.508 e. The number of aromatic hydroxyl groups is 2. The van der Waals surface area contributed by atoms with Crippen molar-refractivity contribution in [3.05, 3.63) is 45.6 Å². The molecular weight excluding hydrogens is 290 g/mol. The van der Waals surface area contributed by atoms with E-state index in [4.69, 9.17) is 5.11 Å². The van der Waals surface area contributed by atoms with Gasteiger partial charge in [0.05, 0.1) is 12.1 Å². The quantitative estimate of drug-likeness (QED) is 0.646. The molecule has 0 spiro atoms. The maximum Gasteiger partial charge on any atom is 0.255 e. The molecule has 0 saturated heterocycles. The molecule has 108 valence electrons. The van der Waals surface area contributed by atoms with Gasteiger partial charge in [0.1, 0.15) is 18.1 Å². The zero-order valence-electron chi connectivity index (χ0n) is 11.0. The van der Waals surface area contributed by atoms with Gasteiger partial charge in [-0.05, 0) is 23.6 Å². The van der Waals surface area contributed by atoms with E-state index in [1.54, 1.807) is 0 Å². The van der Waals surface area contributed by atoms with Gasteiger partial charge in [-0.3, -0.25) is 4.79 Å². The number of phenolic OH excluding ortho intramolecular Hbond substituents is 2. The molecule has 4 N–H and O–H groups in total. The zero-order chi connectivity index (χ0) is 15.2. The molecule has 0 atom stereocenters. The summed E-state index contributed by atoms with van der Waals surface area (Å²) in [5.41, 5.74) is 0.844. The van der Waals surface area contributed by atoms with E-state index in [1.165, 1.54) is 23.5 Å². The van der Waals surface area contributed by atoms with Crippen LogP contribution < -0.4 is 5.32 Å². The van der Waals surface area contributed by atoms with Crippen molar-refractivity contribution in [3.63, 3.8) is 0 Å². The Morgan fingerprint density at radius 2 is 2.10 bits per heavy atom. The number of carbonyl (C=O) groups is 1. The first-order valence-electron chi connectivity index (χ1n) is 6.08. The van der Waals surface area contributed by atoms with Crippen LogP contribution in [0.2, 0.25) is 0 Å². The third kappa shape index (κ3) is 3.75. The number of rotatable bonds is 3. The molecule has 2 rings (SSSR count). The summed E-state index contributed by atoms with van der Waals surface area (Å²) in [6.07, 6.45) is 0. The van der Waals surface area contributed by atoms with Crippen LogP contribution in [0.15, 0.2) is 29.6 Å². The molecule has 5 nitrogen and oxygen atoms in total. The van der Waals surface area contributed by atoms with E-state index >= 15 is 0 Å². The highest BCUT2D eigenvalue weighted by Gasteiger charge is 2.12. The third-order valence-corrected chi connectivity index (χ3v) is 3.60. The van der Waals surface area contributed by atoms with Crippen LogP contribution in [0.3, 0.4) is 0 Å². The van der Waals surface area contributed by atoms with Crippen molar-refractivity contribution in [1.29, 1.82) is 0 Å². The maximum absolute atomic E-state index is 12.0. The number of hydrogen-bond donors (Lipinski definition) is 4. The van der Waals surface area contributed by atoms with Gasteiger partial charge >= 0.3 is 0 Å². The average molecular weight is 303 g/mol. The fourth-order valence-corrected chi connectivity index (χ4v) is 2.46. The van der Waals surface area contributed by atoms with Crippen LogP contribution in [0.5, 0.6) is 11.5 Å². The highest BCUT2D eigenvalue weighted by atomic mass is 32.1. The second-order valence-corrected chi connectivity index (χ2v) is 5.10. The first kappa shape index (κ1) is 14.9. The summed E-state index contributed by atoms with van der Waals surface area (Å²) < 4.78 is 0. The number of thiophene rings is 1. The van der Waals surface area contributed by atoms with E-state index in [9.17, 15) is 15.0 Å². The lowest BCUT2D eigenvalue weighted by Crippen LogP contribution is -2.22. The summed E-state index contributed by atoms with van der Waals surface area (Å²) >= 11 is 1.44. The Morgan fingerprint density at radius 1 is 1.29 bits per heavy atom. The third-order valence-electron chi connectivity index (χ3n) is 2.68. The smallest absolute Gasteiger partial charge is 0.255 e. The Morgan fingerprint density at radius 3 is 2.81 bits per heavy atom. The standard InChI is InChI=1S/C15H13NO4S/c17-6-1-2-10-5-7-21-14(10)9-16-15(20)12-4-3-11(18)8-13(12)19/h3-5,7-8,17-19H,6,9H2,(H,16,20). The van der Waals surface area contributed by atoms with Crippen LogP contribution in [-0.4, -0.2) is 27.8 Å². The molecule has 21 heavy (non-hydrogen) atoms. The van der Waals surface area contributed by atoms with Crippen molar-refractivity contribution in [1.82, 2.24) is 5.32 Å². The minimum Gasteiger partial charge on any atom is -0.508 e. The number of aliphatic hydroxyl groups excluding tert-OH is 1. The van der Waals surface area contributed by atoms with Crippen LogP contribution in [0, 0.1) is 11.8 Å². The zero-order valence-corrected chi connectivity index (χ0v) is 11.8. The van der Waals surface area contributed by atoms with Gasteiger partial charge in [0.2, 0.25) is 0 Å². The lowest BCUT2D eigenvalue weighted by Gasteiger charge is -2.06. The van der Waals surface area contributed by atoms with Crippen LogP contribution in [0.1, 0.15) is 20.8 Å². The lowest BCUT2D eigenvalue weighted by atomic mass is 10.1. The highest BCUT2D eigenvalue weighted by Crippen LogP contribution is 2.22. The van der Waals surface area contributed by atoms with Crippen molar-refractivity contribution in [2.24, 2.45) is 0 Å². The number of nitrogens with one attached hydrogen (secondary N) is 1. The van der Waals surface area contributed by atoms with Gasteiger partial charge in [-0.2, -0.15) is 0 Å². The van der Waals surface area contributed by atoms with E-state index in [0.29, 0.717) is 0 Å². The molecule has 1 heterocycles. The van der Waals surface area contributed by atoms with Crippen LogP contribution >= 0.6 is 11.3 Å². The fourth-order valence-electron chi connectivity index (χ4n) is 1.69. The molecular formula is C15H13NO4S. The Bertz CT molecular complexity index is 712. The molecule has 0 fully saturated rings. The Kier molecular flexibility index (Phi) is 4.82. The molecule has 1 amide bonds. The minimum absolute atomic E-state index is 0.0901. The molecule has 0 radical (unpaired) electrons. The molecule has 0 unspecified atom stereocenters. The van der Waals surface area contributed by atoms with E-state index in [2.05, 4.69) is 17.2 Å². The van der Waals surface area contributed by atoms with Gasteiger partial charge in [0.15, 0.2) is 0 Å². The van der Waals surface area contributed by atoms with Gasteiger partial charge in [-0.25, -0.2) is 0 Å². The predicted molar refractivity (Wildman–Crippen MR) is 79.2 cm³/mol. The van der Waals surface area contributed by atoms with Crippen molar-refractivity contribution in [3.8, 4) is 23.3 Å². The SMILES string of the molecule is O=C(NCc1sccc1C#CCO)c1ccc(O)cc1O. The van der Waals surface area contributed by atoms with Gasteiger partial charge < -0.3 is 20.6 Å². The Labute approximate surface area is 125 Å². The summed E-state index contributed by atoms with van der Waals surface area (Å²) in [4.78, 5) is 12.8. The number of aliphatic hydroxyl groups is 1. The fraction of sp³-hybridized carbons (Fsp3) is 0.133. The van der Waals surface area contributed by atoms with Crippen molar-refractivity contribution in [2.45, 2.75) is 6.54 Å². The van der Waals surface area contributed by atoms with Crippen LogP contribution in [0.4, 0.5) is 0 Å². The van der Waals surface area contributed by atoms with E-state index < -0.39 is 5.91 Å². The first-order chi connectivity index (χ1) is 10.1. The lowest BCUT2D eigenvalue weighted by molar-refractivity contribution is 0.0948. The van der Waals surface area contributed by atoms with Gasteiger partial charge in [-0.1, -0.05) is 11.8 Å². The molecule has 6 heteroatoms. The second-order valence-electron chi connectivity index (χ2n) is 4.10. The molecule has 0 aliphatic carbocycles. The van der Waals surface area contributed by atoms with Crippen LogP contribution in [0.25, 0.3) is 0 Å². The number of benzene rings is 1. The topological polar surface area (TPSA) is 89.8 Å². The normalized spacial score (nSPS) is 9.76. The molecule has 0 aliphatic rings. The minimum atomic E-state index is -0.443. The molecule has 0 bridgehead atoms. The molecule has 1 aromatic heterocycles. The predicted octanol–water partition coefficient (Wildman–Crippen LogP) is 1.43. The maximum atomic E-state index is 12.0. The van der Waals surface area contributed by atoms with Crippen molar-refractivity contribution in [2.75, 3.05) is 6.61 Å².